The second-order valence-electron chi connectivity index (χ2n) is 4.29. The molecule has 0 amide bonds. The number of aryl methyl sites for hydroxylation is 1. The summed E-state index contributed by atoms with van der Waals surface area (Å²) < 4.78 is 0. The van der Waals surface area contributed by atoms with Crippen molar-refractivity contribution in [3.8, 4) is 0 Å². The van der Waals surface area contributed by atoms with Gasteiger partial charge >= 0.3 is 0 Å². The van der Waals surface area contributed by atoms with E-state index in [9.17, 15) is 0 Å². The molecule has 0 aliphatic carbocycles. The fourth-order valence-electron chi connectivity index (χ4n) is 1.88. The second kappa shape index (κ2) is 7.75. The van der Waals surface area contributed by atoms with Crippen molar-refractivity contribution >= 4 is 11.8 Å². The van der Waals surface area contributed by atoms with Crippen LogP contribution in [0.15, 0.2) is 29.2 Å². The lowest BCUT2D eigenvalue weighted by atomic mass is 10.0. The zero-order chi connectivity index (χ0) is 11.8. The average Bonchev–Trinajstić information content (AvgIpc) is 2.30. The van der Waals surface area contributed by atoms with Crippen LogP contribution in [0.1, 0.15) is 38.2 Å². The molecule has 0 saturated carbocycles. The Kier molecular flexibility index (Phi) is 6.58. The van der Waals surface area contributed by atoms with Crippen molar-refractivity contribution in [3.63, 3.8) is 0 Å². The summed E-state index contributed by atoms with van der Waals surface area (Å²) in [6.45, 7) is 2.20. The summed E-state index contributed by atoms with van der Waals surface area (Å²) in [5.41, 5.74) is 7.42. The van der Waals surface area contributed by atoms with Crippen LogP contribution in [-0.2, 0) is 6.42 Å². The minimum Gasteiger partial charge on any atom is -0.328 e. The highest BCUT2D eigenvalue weighted by Crippen LogP contribution is 2.16. The molecule has 0 heterocycles. The standard InChI is InChI=1S/C14H23NS/c1-3-5-13(15)7-4-6-12-8-10-14(16-2)11-9-12/h8-11,13H,3-7,15H2,1-2H3. The minimum absolute atomic E-state index is 0.399. The SMILES string of the molecule is CCCC(N)CCCc1ccc(SC)cc1. The zero-order valence-corrected chi connectivity index (χ0v) is 11.2. The molecular weight excluding hydrogens is 214 g/mol. The molecule has 2 heteroatoms. The summed E-state index contributed by atoms with van der Waals surface area (Å²) in [4.78, 5) is 1.34. The van der Waals surface area contributed by atoms with E-state index in [0.717, 1.165) is 19.3 Å². The second-order valence-corrected chi connectivity index (χ2v) is 5.17. The van der Waals surface area contributed by atoms with E-state index in [4.69, 9.17) is 5.73 Å². The van der Waals surface area contributed by atoms with Gasteiger partial charge in [-0.2, -0.15) is 0 Å². The monoisotopic (exact) mass is 237 g/mol. The number of rotatable bonds is 7. The van der Waals surface area contributed by atoms with Gasteiger partial charge in [0.1, 0.15) is 0 Å². The molecule has 0 aliphatic heterocycles. The molecule has 0 fully saturated rings. The third-order valence-electron chi connectivity index (χ3n) is 2.86. The van der Waals surface area contributed by atoms with Gasteiger partial charge in [-0.1, -0.05) is 25.5 Å². The Hall–Kier alpha value is -0.470. The number of nitrogens with two attached hydrogens (primary N) is 1. The first kappa shape index (κ1) is 13.6. The topological polar surface area (TPSA) is 26.0 Å². The van der Waals surface area contributed by atoms with Crippen LogP contribution in [0.2, 0.25) is 0 Å². The van der Waals surface area contributed by atoms with E-state index in [2.05, 4.69) is 37.4 Å². The first-order valence-electron chi connectivity index (χ1n) is 6.14. The highest BCUT2D eigenvalue weighted by molar-refractivity contribution is 7.98. The van der Waals surface area contributed by atoms with Crippen molar-refractivity contribution in [2.75, 3.05) is 6.26 Å². The Bertz CT molecular complexity index is 281. The third kappa shape index (κ3) is 5.04. The quantitative estimate of drug-likeness (QED) is 0.729. The highest BCUT2D eigenvalue weighted by atomic mass is 32.2. The Labute approximate surface area is 104 Å². The number of benzene rings is 1. The fraction of sp³-hybridized carbons (Fsp3) is 0.571. The summed E-state index contributed by atoms with van der Waals surface area (Å²) in [5, 5.41) is 0. The number of hydrogen-bond acceptors (Lipinski definition) is 2. The van der Waals surface area contributed by atoms with Gasteiger partial charge in [0.2, 0.25) is 0 Å². The van der Waals surface area contributed by atoms with Crippen LogP contribution >= 0.6 is 11.8 Å². The molecular formula is C14H23NS. The molecule has 1 nitrogen and oxygen atoms in total. The molecule has 90 valence electrons. The lowest BCUT2D eigenvalue weighted by Crippen LogP contribution is -2.19. The van der Waals surface area contributed by atoms with Gasteiger partial charge in [-0.15, -0.1) is 11.8 Å². The largest absolute Gasteiger partial charge is 0.328 e. The molecule has 16 heavy (non-hydrogen) atoms. The average molecular weight is 237 g/mol. The molecule has 1 atom stereocenters. The summed E-state index contributed by atoms with van der Waals surface area (Å²) in [7, 11) is 0. The van der Waals surface area contributed by atoms with Crippen LogP contribution in [0, 0.1) is 0 Å². The predicted octanol–water partition coefficient (Wildman–Crippen LogP) is 3.86. The smallest absolute Gasteiger partial charge is 0.00693 e. The van der Waals surface area contributed by atoms with Crippen LogP contribution in [0.5, 0.6) is 0 Å². The Morgan fingerprint density at radius 3 is 2.44 bits per heavy atom. The van der Waals surface area contributed by atoms with Crippen molar-refractivity contribution in [1.29, 1.82) is 0 Å². The van der Waals surface area contributed by atoms with Gasteiger partial charge in [-0.3, -0.25) is 0 Å². The van der Waals surface area contributed by atoms with Crippen molar-refractivity contribution in [2.45, 2.75) is 50.0 Å². The van der Waals surface area contributed by atoms with E-state index >= 15 is 0 Å². The predicted molar refractivity (Wildman–Crippen MR) is 74.0 cm³/mol. The third-order valence-corrected chi connectivity index (χ3v) is 3.60. The van der Waals surface area contributed by atoms with Gasteiger partial charge in [0, 0.05) is 10.9 Å². The lowest BCUT2D eigenvalue weighted by Gasteiger charge is -2.09. The highest BCUT2D eigenvalue weighted by Gasteiger charge is 2.01. The van der Waals surface area contributed by atoms with Crippen LogP contribution in [0.4, 0.5) is 0 Å². The van der Waals surface area contributed by atoms with E-state index in [1.807, 2.05) is 0 Å². The van der Waals surface area contributed by atoms with Crippen LogP contribution < -0.4 is 5.73 Å². The van der Waals surface area contributed by atoms with Gasteiger partial charge < -0.3 is 5.73 Å². The van der Waals surface area contributed by atoms with Crippen LogP contribution in [0.3, 0.4) is 0 Å². The van der Waals surface area contributed by atoms with E-state index in [1.165, 1.54) is 23.3 Å². The van der Waals surface area contributed by atoms with E-state index < -0.39 is 0 Å². The molecule has 2 N–H and O–H groups in total. The maximum absolute atomic E-state index is 5.99. The summed E-state index contributed by atoms with van der Waals surface area (Å²) in [5.74, 6) is 0. The van der Waals surface area contributed by atoms with E-state index in [-0.39, 0.29) is 0 Å². The lowest BCUT2D eigenvalue weighted by molar-refractivity contribution is 0.539. The van der Waals surface area contributed by atoms with E-state index in [0.29, 0.717) is 6.04 Å². The van der Waals surface area contributed by atoms with Gasteiger partial charge in [0.05, 0.1) is 0 Å². The molecule has 1 rings (SSSR count). The van der Waals surface area contributed by atoms with Crippen molar-refractivity contribution in [2.24, 2.45) is 5.73 Å². The first-order chi connectivity index (χ1) is 7.76. The first-order valence-corrected chi connectivity index (χ1v) is 7.37. The Morgan fingerprint density at radius 2 is 1.88 bits per heavy atom. The Balaban J connectivity index is 2.26. The number of hydrogen-bond donors (Lipinski definition) is 1. The molecule has 0 radical (unpaired) electrons. The maximum atomic E-state index is 5.99. The van der Waals surface area contributed by atoms with Gasteiger partial charge in [0.15, 0.2) is 0 Å². The van der Waals surface area contributed by atoms with E-state index in [1.54, 1.807) is 11.8 Å². The zero-order valence-electron chi connectivity index (χ0n) is 10.4. The number of thioether (sulfide) groups is 1. The fourth-order valence-corrected chi connectivity index (χ4v) is 2.28. The van der Waals surface area contributed by atoms with Crippen LogP contribution in [0.25, 0.3) is 0 Å². The minimum atomic E-state index is 0.399. The molecule has 1 aromatic carbocycles. The molecule has 0 spiro atoms. The summed E-state index contributed by atoms with van der Waals surface area (Å²) >= 11 is 1.79. The van der Waals surface area contributed by atoms with Gasteiger partial charge in [-0.05, 0) is 49.6 Å². The maximum Gasteiger partial charge on any atom is 0.00693 e. The molecule has 0 aromatic heterocycles. The van der Waals surface area contributed by atoms with Gasteiger partial charge in [-0.25, -0.2) is 0 Å². The molecule has 0 saturated heterocycles. The van der Waals surface area contributed by atoms with Crippen molar-refractivity contribution in [3.05, 3.63) is 29.8 Å². The summed E-state index contributed by atoms with van der Waals surface area (Å²) in [6, 6.07) is 9.27. The molecule has 0 aliphatic rings. The van der Waals surface area contributed by atoms with Crippen molar-refractivity contribution in [1.82, 2.24) is 0 Å². The molecule has 1 aromatic rings. The molecule has 0 bridgehead atoms. The van der Waals surface area contributed by atoms with Gasteiger partial charge in [0.25, 0.3) is 0 Å². The normalized spacial score (nSPS) is 12.7. The van der Waals surface area contributed by atoms with Crippen molar-refractivity contribution < 1.29 is 0 Å². The summed E-state index contributed by atoms with van der Waals surface area (Å²) in [6.07, 6.45) is 7.98. The van der Waals surface area contributed by atoms with Crippen LogP contribution in [-0.4, -0.2) is 12.3 Å². The molecule has 1 unspecified atom stereocenters. The Morgan fingerprint density at radius 1 is 1.19 bits per heavy atom.